The molecule has 0 fully saturated rings. The second-order valence-electron chi connectivity index (χ2n) is 4.44. The van der Waals surface area contributed by atoms with Crippen molar-refractivity contribution in [1.82, 2.24) is 8.75 Å². The minimum absolute atomic E-state index is 0.0164. The third kappa shape index (κ3) is 3.98. The molecule has 1 heterocycles. The van der Waals surface area contributed by atoms with Gasteiger partial charge in [-0.05, 0) is 23.0 Å². The molecule has 0 radical (unpaired) electrons. The van der Waals surface area contributed by atoms with Gasteiger partial charge in [-0.3, -0.25) is 0 Å². The van der Waals surface area contributed by atoms with E-state index in [0.29, 0.717) is 32.0 Å². The molecule has 0 aliphatic rings. The molecule has 0 aliphatic heterocycles. The molecule has 2 nitrogen and oxygen atoms in total. The maximum Gasteiger partial charge on any atom is 0.153 e. The summed E-state index contributed by atoms with van der Waals surface area (Å²) in [4.78, 5) is 1.31. The molecule has 0 saturated carbocycles. The van der Waals surface area contributed by atoms with Crippen LogP contribution in [0, 0.1) is 5.82 Å². The summed E-state index contributed by atoms with van der Waals surface area (Å²) in [6, 6.07) is 0. The molecular weight excluding hydrogens is 395 g/mol. The van der Waals surface area contributed by atoms with Crippen LogP contribution < -0.4 is 0 Å². The predicted octanol–water partition coefficient (Wildman–Crippen LogP) is 7.29. The minimum atomic E-state index is -0.557. The molecule has 2 aromatic rings. The Morgan fingerprint density at radius 1 is 0.920 bits per heavy atom. The van der Waals surface area contributed by atoms with Crippen LogP contribution in [-0.2, 0) is 0 Å². The lowest BCUT2D eigenvalue weighted by Gasteiger charge is -2.13. The average Bonchev–Trinajstić information content (AvgIpc) is 3.05. The fraction of sp³-hybridized carbons (Fsp3) is 0. The van der Waals surface area contributed by atoms with Gasteiger partial charge in [0.2, 0.25) is 0 Å². The standard InChI is InChI=1S/C18H14ClFN2S3/c1-5-9-11(23-7-3)13-15(19)16(20)14(12(10-6-2)24-8-4)18-17(13)21-25-22-18/h5-10H,1-4H2/b11-9-,12-10-. The first-order valence-corrected chi connectivity index (χ1v) is 9.81. The molecule has 25 heavy (non-hydrogen) atoms. The van der Waals surface area contributed by atoms with Crippen molar-refractivity contribution >= 4 is 67.7 Å². The second kappa shape index (κ2) is 9.20. The molecule has 2 rings (SSSR count). The van der Waals surface area contributed by atoms with E-state index in [-0.39, 0.29) is 5.02 Å². The number of hydrogen-bond donors (Lipinski definition) is 0. The number of halogens is 2. The van der Waals surface area contributed by atoms with E-state index in [1.807, 2.05) is 0 Å². The summed E-state index contributed by atoms with van der Waals surface area (Å²) in [6.45, 7) is 14.8. The molecule has 0 atom stereocenters. The molecular formula is C18H14ClFN2S3. The summed E-state index contributed by atoms with van der Waals surface area (Å²) in [5.74, 6) is -0.557. The first-order valence-electron chi connectivity index (χ1n) is 6.95. The summed E-state index contributed by atoms with van der Waals surface area (Å²) in [6.07, 6.45) is 6.62. The lowest BCUT2D eigenvalue weighted by atomic mass is 10.1. The van der Waals surface area contributed by atoms with E-state index < -0.39 is 5.82 Å². The van der Waals surface area contributed by atoms with E-state index >= 15 is 4.39 Å². The molecule has 0 aliphatic carbocycles. The Kier molecular flexibility index (Phi) is 7.25. The van der Waals surface area contributed by atoms with Gasteiger partial charge < -0.3 is 0 Å². The number of aromatic nitrogens is 2. The largest absolute Gasteiger partial charge is 0.205 e. The number of benzene rings is 1. The van der Waals surface area contributed by atoms with Crippen LogP contribution in [0.3, 0.4) is 0 Å². The highest BCUT2D eigenvalue weighted by molar-refractivity contribution is 8.11. The first kappa shape index (κ1) is 19.7. The number of hydrogen-bond acceptors (Lipinski definition) is 5. The van der Waals surface area contributed by atoms with Gasteiger partial charge in [-0.1, -0.05) is 73.6 Å². The van der Waals surface area contributed by atoms with Crippen molar-refractivity contribution in [2.24, 2.45) is 0 Å². The van der Waals surface area contributed by atoms with Crippen LogP contribution in [0.4, 0.5) is 4.39 Å². The van der Waals surface area contributed by atoms with E-state index in [4.69, 9.17) is 11.6 Å². The smallest absolute Gasteiger partial charge is 0.153 e. The second-order valence-corrected chi connectivity index (χ2v) is 7.37. The fourth-order valence-electron chi connectivity index (χ4n) is 2.15. The third-order valence-electron chi connectivity index (χ3n) is 3.05. The summed E-state index contributed by atoms with van der Waals surface area (Å²) < 4.78 is 23.8. The highest BCUT2D eigenvalue weighted by Crippen LogP contribution is 2.44. The number of fused-ring (bicyclic) bond motifs is 1. The van der Waals surface area contributed by atoms with Crippen LogP contribution >= 0.6 is 46.9 Å². The van der Waals surface area contributed by atoms with Gasteiger partial charge >= 0.3 is 0 Å². The Hall–Kier alpha value is -1.60. The van der Waals surface area contributed by atoms with Crippen LogP contribution in [0.1, 0.15) is 11.1 Å². The monoisotopic (exact) mass is 408 g/mol. The van der Waals surface area contributed by atoms with Gasteiger partial charge in [0.05, 0.1) is 22.3 Å². The molecule has 1 aromatic heterocycles. The zero-order chi connectivity index (χ0) is 18.4. The molecule has 0 saturated heterocycles. The van der Waals surface area contributed by atoms with Crippen molar-refractivity contribution in [3.8, 4) is 0 Å². The normalized spacial score (nSPS) is 12.2. The Bertz CT molecular complexity index is 841. The molecule has 0 N–H and O–H groups in total. The molecule has 128 valence electrons. The highest BCUT2D eigenvalue weighted by atomic mass is 35.5. The number of nitrogens with zero attached hydrogens (tertiary/aromatic N) is 2. The SMILES string of the molecule is C=C/C=C(\SC=C)c1c(F)c(Cl)c(/C(=C/C=C)SC=C)c2nsnc12. The van der Waals surface area contributed by atoms with Gasteiger partial charge in [-0.2, -0.15) is 8.75 Å². The Morgan fingerprint density at radius 3 is 1.88 bits per heavy atom. The quantitative estimate of drug-likeness (QED) is 0.428. The molecule has 0 amide bonds. The van der Waals surface area contributed by atoms with Crippen molar-refractivity contribution in [2.45, 2.75) is 0 Å². The highest BCUT2D eigenvalue weighted by Gasteiger charge is 2.25. The average molecular weight is 409 g/mol. The number of allylic oxidation sites excluding steroid dienone is 4. The van der Waals surface area contributed by atoms with Gasteiger partial charge in [0, 0.05) is 15.4 Å². The van der Waals surface area contributed by atoms with Gasteiger partial charge in [0.25, 0.3) is 0 Å². The molecule has 0 bridgehead atoms. The van der Waals surface area contributed by atoms with Gasteiger partial charge in [-0.15, -0.1) is 0 Å². The maximum absolute atomic E-state index is 15.2. The van der Waals surface area contributed by atoms with Gasteiger partial charge in [0.15, 0.2) is 5.82 Å². The summed E-state index contributed by atoms with van der Waals surface area (Å²) >= 11 is 9.99. The fourth-order valence-corrected chi connectivity index (χ4v) is 4.38. The van der Waals surface area contributed by atoms with Crippen molar-refractivity contribution in [3.05, 3.63) is 83.4 Å². The van der Waals surface area contributed by atoms with Crippen molar-refractivity contribution < 1.29 is 4.39 Å². The first-order chi connectivity index (χ1) is 12.1. The summed E-state index contributed by atoms with van der Waals surface area (Å²) in [5.41, 5.74) is 1.76. The van der Waals surface area contributed by atoms with Crippen molar-refractivity contribution in [1.29, 1.82) is 0 Å². The predicted molar refractivity (Wildman–Crippen MR) is 114 cm³/mol. The van der Waals surface area contributed by atoms with E-state index in [2.05, 4.69) is 35.1 Å². The Labute approximate surface area is 163 Å². The zero-order valence-electron chi connectivity index (χ0n) is 13.2. The Morgan fingerprint density at radius 2 is 1.40 bits per heavy atom. The molecule has 1 aromatic carbocycles. The topological polar surface area (TPSA) is 25.8 Å². The van der Waals surface area contributed by atoms with Gasteiger partial charge in [-0.25, -0.2) is 4.39 Å². The molecule has 0 spiro atoms. The molecule has 7 heteroatoms. The summed E-state index contributed by atoms with van der Waals surface area (Å²) in [7, 11) is 0. The van der Waals surface area contributed by atoms with E-state index in [1.54, 1.807) is 35.1 Å². The lowest BCUT2D eigenvalue weighted by Crippen LogP contribution is -1.97. The van der Waals surface area contributed by atoms with Crippen LogP contribution in [0.5, 0.6) is 0 Å². The van der Waals surface area contributed by atoms with Crippen LogP contribution in [0.2, 0.25) is 5.02 Å². The van der Waals surface area contributed by atoms with E-state index in [1.165, 1.54) is 23.5 Å². The van der Waals surface area contributed by atoms with E-state index in [9.17, 15) is 0 Å². The van der Waals surface area contributed by atoms with Crippen molar-refractivity contribution in [3.63, 3.8) is 0 Å². The zero-order valence-corrected chi connectivity index (χ0v) is 16.4. The lowest BCUT2D eigenvalue weighted by molar-refractivity contribution is 0.626. The van der Waals surface area contributed by atoms with Crippen LogP contribution in [-0.4, -0.2) is 8.75 Å². The van der Waals surface area contributed by atoms with Crippen LogP contribution in [0.25, 0.3) is 20.8 Å². The minimum Gasteiger partial charge on any atom is -0.205 e. The van der Waals surface area contributed by atoms with Gasteiger partial charge in [0.1, 0.15) is 11.0 Å². The molecule has 0 unspecified atom stereocenters. The van der Waals surface area contributed by atoms with Crippen molar-refractivity contribution in [2.75, 3.05) is 0 Å². The number of thioether (sulfide) groups is 2. The number of rotatable bonds is 8. The van der Waals surface area contributed by atoms with E-state index in [0.717, 1.165) is 11.7 Å². The maximum atomic E-state index is 15.2. The summed E-state index contributed by atoms with van der Waals surface area (Å²) in [5, 5.41) is 3.23. The Balaban J connectivity index is 2.90. The van der Waals surface area contributed by atoms with Crippen LogP contribution in [0.15, 0.2) is 61.4 Å². The third-order valence-corrected chi connectivity index (χ3v) is 5.45.